The van der Waals surface area contributed by atoms with Gasteiger partial charge < -0.3 is 5.32 Å². The van der Waals surface area contributed by atoms with Crippen LogP contribution in [0.5, 0.6) is 0 Å². The van der Waals surface area contributed by atoms with Gasteiger partial charge in [0.2, 0.25) is 5.91 Å². The summed E-state index contributed by atoms with van der Waals surface area (Å²) in [6.45, 7) is 6.03. The number of imide groups is 1. The Labute approximate surface area is 146 Å². The van der Waals surface area contributed by atoms with Gasteiger partial charge in [-0.3, -0.25) is 9.59 Å². The van der Waals surface area contributed by atoms with Gasteiger partial charge in [0, 0.05) is 10.7 Å². The summed E-state index contributed by atoms with van der Waals surface area (Å²) in [7, 11) is 0. The van der Waals surface area contributed by atoms with Crippen LogP contribution in [0.2, 0.25) is 5.02 Å². The van der Waals surface area contributed by atoms with Gasteiger partial charge in [-0.25, -0.2) is 4.90 Å². The fourth-order valence-electron chi connectivity index (χ4n) is 3.21. The quantitative estimate of drug-likeness (QED) is 0.857. The van der Waals surface area contributed by atoms with Gasteiger partial charge in [0.25, 0.3) is 5.91 Å². The van der Waals surface area contributed by atoms with Gasteiger partial charge in [0.15, 0.2) is 0 Å². The Kier molecular flexibility index (Phi) is 4.33. The molecule has 1 N–H and O–H groups in total. The van der Waals surface area contributed by atoms with Crippen molar-refractivity contribution >= 4 is 34.8 Å². The molecule has 1 fully saturated rings. The average Bonchev–Trinajstić information content (AvgIpc) is 2.77. The molecule has 0 aliphatic carbocycles. The molecule has 1 heterocycles. The molecular formula is C19H19ClN2O2. The van der Waals surface area contributed by atoms with Crippen molar-refractivity contribution in [2.24, 2.45) is 0 Å². The van der Waals surface area contributed by atoms with Crippen LogP contribution in [0.3, 0.4) is 0 Å². The van der Waals surface area contributed by atoms with Crippen molar-refractivity contribution in [3.8, 4) is 0 Å². The van der Waals surface area contributed by atoms with Crippen LogP contribution < -0.4 is 10.2 Å². The van der Waals surface area contributed by atoms with Crippen molar-refractivity contribution in [1.82, 2.24) is 0 Å². The Morgan fingerprint density at radius 1 is 1.08 bits per heavy atom. The maximum Gasteiger partial charge on any atom is 0.256 e. The lowest BCUT2D eigenvalue weighted by Gasteiger charge is -2.19. The summed E-state index contributed by atoms with van der Waals surface area (Å²) in [5.41, 5.74) is 4.73. The van der Waals surface area contributed by atoms with Crippen LogP contribution in [-0.2, 0) is 9.59 Å². The summed E-state index contributed by atoms with van der Waals surface area (Å²) in [6, 6.07) is 10.3. The molecule has 124 valence electrons. The third-order valence-electron chi connectivity index (χ3n) is 4.21. The van der Waals surface area contributed by atoms with Crippen molar-refractivity contribution in [3.05, 3.63) is 58.1 Å². The molecule has 5 heteroatoms. The van der Waals surface area contributed by atoms with Gasteiger partial charge in [-0.15, -0.1) is 0 Å². The first-order valence-electron chi connectivity index (χ1n) is 7.83. The summed E-state index contributed by atoms with van der Waals surface area (Å²) >= 11 is 5.98. The number of hydrogen-bond donors (Lipinski definition) is 1. The highest BCUT2D eigenvalue weighted by molar-refractivity contribution is 6.31. The van der Waals surface area contributed by atoms with Crippen LogP contribution in [0.1, 0.15) is 23.1 Å². The highest BCUT2D eigenvalue weighted by Gasteiger charge is 2.39. The minimum Gasteiger partial charge on any atom is -0.373 e. The summed E-state index contributed by atoms with van der Waals surface area (Å²) in [6.07, 6.45) is 0.137. The maximum absolute atomic E-state index is 12.7. The lowest BCUT2D eigenvalue weighted by molar-refractivity contribution is -0.121. The van der Waals surface area contributed by atoms with Crippen LogP contribution in [0.4, 0.5) is 11.4 Å². The molecule has 0 radical (unpaired) electrons. The molecular weight excluding hydrogens is 324 g/mol. The Morgan fingerprint density at radius 2 is 1.75 bits per heavy atom. The van der Waals surface area contributed by atoms with E-state index in [-0.39, 0.29) is 18.2 Å². The molecule has 0 bridgehead atoms. The van der Waals surface area contributed by atoms with Gasteiger partial charge in [0.1, 0.15) is 6.04 Å². The van der Waals surface area contributed by atoms with E-state index in [0.29, 0.717) is 10.7 Å². The van der Waals surface area contributed by atoms with E-state index < -0.39 is 6.04 Å². The fraction of sp³-hybridized carbons (Fsp3) is 0.263. The lowest BCUT2D eigenvalue weighted by Crippen LogP contribution is -2.35. The summed E-state index contributed by atoms with van der Waals surface area (Å²) in [4.78, 5) is 26.3. The number of halogens is 1. The van der Waals surface area contributed by atoms with Crippen LogP contribution in [0.25, 0.3) is 0 Å². The molecule has 24 heavy (non-hydrogen) atoms. The topological polar surface area (TPSA) is 49.4 Å². The van der Waals surface area contributed by atoms with Crippen molar-refractivity contribution in [2.45, 2.75) is 33.2 Å². The molecule has 4 nitrogen and oxygen atoms in total. The minimum absolute atomic E-state index is 0.137. The third kappa shape index (κ3) is 3.02. The van der Waals surface area contributed by atoms with E-state index >= 15 is 0 Å². The Morgan fingerprint density at radius 3 is 2.38 bits per heavy atom. The van der Waals surface area contributed by atoms with E-state index in [1.807, 2.05) is 20.8 Å². The Hall–Kier alpha value is -2.33. The first kappa shape index (κ1) is 16.5. The van der Waals surface area contributed by atoms with E-state index in [4.69, 9.17) is 11.6 Å². The zero-order valence-electron chi connectivity index (χ0n) is 13.9. The number of nitrogens with one attached hydrogen (secondary N) is 1. The highest BCUT2D eigenvalue weighted by atomic mass is 35.5. The van der Waals surface area contributed by atoms with E-state index in [1.54, 1.807) is 24.3 Å². The summed E-state index contributed by atoms with van der Waals surface area (Å²) < 4.78 is 0. The smallest absolute Gasteiger partial charge is 0.256 e. The molecule has 2 amide bonds. The minimum atomic E-state index is -0.559. The Balaban J connectivity index is 1.87. The summed E-state index contributed by atoms with van der Waals surface area (Å²) in [5, 5.41) is 3.75. The number of amides is 2. The number of nitrogens with zero attached hydrogens (tertiary/aromatic N) is 1. The van der Waals surface area contributed by atoms with Crippen LogP contribution in [-0.4, -0.2) is 17.9 Å². The number of aryl methyl sites for hydroxylation is 3. The standard InChI is InChI=1S/C19H19ClN2O2/c1-11-7-12(2)18(13(3)8-11)21-16-10-17(23)22(19(16)24)15-6-4-5-14(20)9-15/h4-9,16,21H,10H2,1-3H3/t16-/m0/s1. The van der Waals surface area contributed by atoms with Crippen LogP contribution in [0, 0.1) is 20.8 Å². The van der Waals surface area contributed by atoms with Crippen molar-refractivity contribution in [1.29, 1.82) is 0 Å². The molecule has 1 aliphatic heterocycles. The molecule has 0 aromatic heterocycles. The predicted molar refractivity (Wildman–Crippen MR) is 96.6 cm³/mol. The molecule has 1 saturated heterocycles. The molecule has 1 atom stereocenters. The van der Waals surface area contributed by atoms with E-state index in [2.05, 4.69) is 17.4 Å². The average molecular weight is 343 g/mol. The molecule has 0 saturated carbocycles. The highest BCUT2D eigenvalue weighted by Crippen LogP contribution is 2.29. The Bertz CT molecular complexity index is 809. The second-order valence-electron chi connectivity index (χ2n) is 6.22. The normalized spacial score (nSPS) is 17.5. The predicted octanol–water partition coefficient (Wildman–Crippen LogP) is 4.01. The number of anilines is 2. The number of carbonyl (C=O) groups is 2. The summed E-state index contributed by atoms with van der Waals surface area (Å²) in [5.74, 6) is -0.469. The molecule has 2 aromatic rings. The van der Waals surface area contributed by atoms with Gasteiger partial charge in [0.05, 0.1) is 12.1 Å². The first-order valence-corrected chi connectivity index (χ1v) is 8.21. The second-order valence-corrected chi connectivity index (χ2v) is 6.66. The van der Waals surface area contributed by atoms with Crippen LogP contribution in [0.15, 0.2) is 36.4 Å². The molecule has 0 spiro atoms. The van der Waals surface area contributed by atoms with E-state index in [9.17, 15) is 9.59 Å². The van der Waals surface area contributed by atoms with Gasteiger partial charge in [-0.05, 0) is 50.1 Å². The van der Waals surface area contributed by atoms with E-state index in [1.165, 1.54) is 10.5 Å². The van der Waals surface area contributed by atoms with Crippen molar-refractivity contribution in [3.63, 3.8) is 0 Å². The zero-order valence-corrected chi connectivity index (χ0v) is 14.6. The number of carbonyl (C=O) groups excluding carboxylic acids is 2. The number of benzene rings is 2. The lowest BCUT2D eigenvalue weighted by atomic mass is 10.0. The second kappa shape index (κ2) is 6.29. The van der Waals surface area contributed by atoms with Crippen molar-refractivity contribution in [2.75, 3.05) is 10.2 Å². The van der Waals surface area contributed by atoms with Gasteiger partial charge in [-0.1, -0.05) is 35.4 Å². The SMILES string of the molecule is Cc1cc(C)c(N[C@H]2CC(=O)N(c3cccc(Cl)c3)C2=O)c(C)c1. The van der Waals surface area contributed by atoms with Crippen molar-refractivity contribution < 1.29 is 9.59 Å². The first-order chi connectivity index (χ1) is 11.4. The molecule has 0 unspecified atom stereocenters. The van der Waals surface area contributed by atoms with Gasteiger partial charge in [-0.2, -0.15) is 0 Å². The van der Waals surface area contributed by atoms with E-state index in [0.717, 1.165) is 16.8 Å². The van der Waals surface area contributed by atoms with Gasteiger partial charge >= 0.3 is 0 Å². The monoisotopic (exact) mass is 342 g/mol. The largest absolute Gasteiger partial charge is 0.373 e. The third-order valence-corrected chi connectivity index (χ3v) is 4.44. The number of hydrogen-bond acceptors (Lipinski definition) is 3. The molecule has 1 aliphatic rings. The zero-order chi connectivity index (χ0) is 17.4. The number of rotatable bonds is 3. The molecule has 2 aromatic carbocycles. The fourth-order valence-corrected chi connectivity index (χ4v) is 3.40. The maximum atomic E-state index is 12.7. The van der Waals surface area contributed by atoms with Crippen LogP contribution >= 0.6 is 11.6 Å². The molecule has 3 rings (SSSR count).